The first kappa shape index (κ1) is 16.1. The maximum atomic E-state index is 12.4. The summed E-state index contributed by atoms with van der Waals surface area (Å²) in [7, 11) is -1.50. The molecule has 0 aliphatic rings. The van der Waals surface area contributed by atoms with E-state index < -0.39 is 10.0 Å². The Bertz CT molecular complexity index is 470. The standard InChI is InChI=1S/C12H24N4O2S/c1-4-8-16(5-2)19(17,18)12-10-14-15(11-12)9-6-7-13-3/h10-11,13H,4-9H2,1-3H3. The number of nitrogens with one attached hydrogen (secondary N) is 1. The third-order valence-corrected chi connectivity index (χ3v) is 4.81. The zero-order chi connectivity index (χ0) is 14.3. The van der Waals surface area contributed by atoms with Gasteiger partial charge >= 0.3 is 0 Å². The molecule has 1 N–H and O–H groups in total. The van der Waals surface area contributed by atoms with Crippen LogP contribution in [0.5, 0.6) is 0 Å². The third-order valence-electron chi connectivity index (χ3n) is 2.89. The SMILES string of the molecule is CCCN(CC)S(=O)(=O)c1cnn(CCCNC)c1. The molecule has 1 aromatic heterocycles. The van der Waals surface area contributed by atoms with Crippen LogP contribution in [-0.2, 0) is 16.6 Å². The molecule has 0 saturated carbocycles. The Morgan fingerprint density at radius 1 is 1.42 bits per heavy atom. The van der Waals surface area contributed by atoms with E-state index in [9.17, 15) is 8.42 Å². The molecule has 0 spiro atoms. The topological polar surface area (TPSA) is 67.2 Å². The van der Waals surface area contributed by atoms with Gasteiger partial charge in [0.05, 0.1) is 6.20 Å². The van der Waals surface area contributed by atoms with Crippen LogP contribution in [0.4, 0.5) is 0 Å². The van der Waals surface area contributed by atoms with Crippen molar-refractivity contribution < 1.29 is 8.42 Å². The van der Waals surface area contributed by atoms with Crippen molar-refractivity contribution in [3.8, 4) is 0 Å². The number of hydrogen-bond donors (Lipinski definition) is 1. The Labute approximate surface area is 115 Å². The van der Waals surface area contributed by atoms with Crippen molar-refractivity contribution in [2.75, 3.05) is 26.7 Å². The number of hydrogen-bond acceptors (Lipinski definition) is 4. The van der Waals surface area contributed by atoms with Crippen molar-refractivity contribution in [2.24, 2.45) is 0 Å². The smallest absolute Gasteiger partial charge is 0.246 e. The van der Waals surface area contributed by atoms with Crippen LogP contribution in [0.1, 0.15) is 26.7 Å². The van der Waals surface area contributed by atoms with Crippen LogP contribution in [0.2, 0.25) is 0 Å². The molecule has 0 atom stereocenters. The van der Waals surface area contributed by atoms with Gasteiger partial charge in [0.25, 0.3) is 0 Å². The first-order valence-corrected chi connectivity index (χ1v) is 8.17. The summed E-state index contributed by atoms with van der Waals surface area (Å²) in [5.41, 5.74) is 0. The van der Waals surface area contributed by atoms with Crippen LogP contribution in [-0.4, -0.2) is 49.2 Å². The van der Waals surface area contributed by atoms with Crippen LogP contribution in [0.3, 0.4) is 0 Å². The average Bonchev–Trinajstić information content (AvgIpc) is 2.85. The van der Waals surface area contributed by atoms with Crippen molar-refractivity contribution >= 4 is 10.0 Å². The Hall–Kier alpha value is -0.920. The molecule has 0 aliphatic carbocycles. The molecule has 0 radical (unpaired) electrons. The molecule has 6 nitrogen and oxygen atoms in total. The molecule has 1 rings (SSSR count). The van der Waals surface area contributed by atoms with Crippen molar-refractivity contribution in [3.05, 3.63) is 12.4 Å². The second-order valence-electron chi connectivity index (χ2n) is 4.39. The maximum absolute atomic E-state index is 12.4. The van der Waals surface area contributed by atoms with Gasteiger partial charge < -0.3 is 5.32 Å². The zero-order valence-corrected chi connectivity index (χ0v) is 12.8. The molecule has 0 aliphatic heterocycles. The minimum Gasteiger partial charge on any atom is -0.320 e. The highest BCUT2D eigenvalue weighted by Crippen LogP contribution is 2.15. The third kappa shape index (κ3) is 4.29. The van der Waals surface area contributed by atoms with Crippen LogP contribution >= 0.6 is 0 Å². The van der Waals surface area contributed by atoms with Gasteiger partial charge in [-0.15, -0.1) is 0 Å². The van der Waals surface area contributed by atoms with E-state index in [2.05, 4.69) is 10.4 Å². The van der Waals surface area contributed by atoms with Crippen molar-refractivity contribution in [2.45, 2.75) is 38.1 Å². The number of sulfonamides is 1. The molecule has 0 fully saturated rings. The second kappa shape index (κ2) is 7.62. The summed E-state index contributed by atoms with van der Waals surface area (Å²) in [6.45, 7) is 6.46. The number of aromatic nitrogens is 2. The first-order valence-electron chi connectivity index (χ1n) is 6.73. The molecule has 110 valence electrons. The normalized spacial score (nSPS) is 12.2. The van der Waals surface area contributed by atoms with Gasteiger partial charge in [-0.05, 0) is 26.4 Å². The van der Waals surface area contributed by atoms with Crippen LogP contribution in [0.25, 0.3) is 0 Å². The predicted molar refractivity (Wildman–Crippen MR) is 75.5 cm³/mol. The monoisotopic (exact) mass is 288 g/mol. The van der Waals surface area contributed by atoms with Gasteiger partial charge in [0.2, 0.25) is 10.0 Å². The zero-order valence-electron chi connectivity index (χ0n) is 12.0. The molecule has 7 heteroatoms. The lowest BCUT2D eigenvalue weighted by atomic mass is 10.4. The van der Waals surface area contributed by atoms with Gasteiger partial charge in [0.1, 0.15) is 4.90 Å². The molecule has 0 amide bonds. The fourth-order valence-electron chi connectivity index (χ4n) is 1.86. The van der Waals surface area contributed by atoms with Crippen LogP contribution in [0, 0.1) is 0 Å². The Kier molecular flexibility index (Phi) is 6.47. The summed E-state index contributed by atoms with van der Waals surface area (Å²) in [6.07, 6.45) is 4.78. The predicted octanol–water partition coefficient (Wildman–Crippen LogP) is 0.913. The molecule has 0 bridgehead atoms. The highest BCUT2D eigenvalue weighted by Gasteiger charge is 2.23. The van der Waals surface area contributed by atoms with Crippen molar-refractivity contribution in [1.82, 2.24) is 19.4 Å². The summed E-state index contributed by atoms with van der Waals surface area (Å²) >= 11 is 0. The van der Waals surface area contributed by atoms with Crippen LogP contribution in [0.15, 0.2) is 17.3 Å². The lowest BCUT2D eigenvalue weighted by molar-refractivity contribution is 0.427. The average molecular weight is 288 g/mol. The largest absolute Gasteiger partial charge is 0.320 e. The van der Waals surface area contributed by atoms with Gasteiger partial charge in [0.15, 0.2) is 0 Å². The van der Waals surface area contributed by atoms with Crippen LogP contribution < -0.4 is 5.32 Å². The molecular formula is C12H24N4O2S. The fraction of sp³-hybridized carbons (Fsp3) is 0.750. The van der Waals surface area contributed by atoms with Gasteiger partial charge in [0, 0.05) is 25.8 Å². The summed E-state index contributed by atoms with van der Waals surface area (Å²) in [5, 5.41) is 7.17. The molecule has 0 unspecified atom stereocenters. The number of aryl methyl sites for hydroxylation is 1. The summed E-state index contributed by atoms with van der Waals surface area (Å²) < 4.78 is 27.9. The maximum Gasteiger partial charge on any atom is 0.246 e. The van der Waals surface area contributed by atoms with Crippen molar-refractivity contribution in [3.63, 3.8) is 0 Å². The van der Waals surface area contributed by atoms with E-state index in [4.69, 9.17) is 0 Å². The lowest BCUT2D eigenvalue weighted by Gasteiger charge is -2.18. The van der Waals surface area contributed by atoms with E-state index in [0.29, 0.717) is 13.1 Å². The van der Waals surface area contributed by atoms with Crippen molar-refractivity contribution in [1.29, 1.82) is 0 Å². The summed E-state index contributed by atoms with van der Waals surface area (Å²) in [5.74, 6) is 0. The van der Waals surface area contributed by atoms with E-state index in [-0.39, 0.29) is 4.90 Å². The first-order chi connectivity index (χ1) is 9.06. The van der Waals surface area contributed by atoms with Gasteiger partial charge in [-0.2, -0.15) is 9.40 Å². The number of rotatable bonds is 9. The van der Waals surface area contributed by atoms with E-state index in [1.54, 1.807) is 10.9 Å². The summed E-state index contributed by atoms with van der Waals surface area (Å²) in [4.78, 5) is 0.284. The Balaban J connectivity index is 2.78. The molecular weight excluding hydrogens is 264 g/mol. The lowest BCUT2D eigenvalue weighted by Crippen LogP contribution is -2.31. The van der Waals surface area contributed by atoms with Gasteiger partial charge in [-0.25, -0.2) is 8.42 Å². The molecule has 19 heavy (non-hydrogen) atoms. The van der Waals surface area contributed by atoms with E-state index in [1.165, 1.54) is 10.5 Å². The minimum atomic E-state index is -3.39. The summed E-state index contributed by atoms with van der Waals surface area (Å²) in [6, 6.07) is 0. The highest BCUT2D eigenvalue weighted by atomic mass is 32.2. The number of nitrogens with zero attached hydrogens (tertiary/aromatic N) is 3. The fourth-order valence-corrected chi connectivity index (χ4v) is 3.36. The molecule has 0 saturated heterocycles. The van der Waals surface area contributed by atoms with E-state index in [1.807, 2.05) is 20.9 Å². The molecule has 0 aromatic carbocycles. The molecule has 1 heterocycles. The Morgan fingerprint density at radius 2 is 2.16 bits per heavy atom. The minimum absolute atomic E-state index is 0.284. The van der Waals surface area contributed by atoms with Gasteiger partial charge in [-0.3, -0.25) is 4.68 Å². The Morgan fingerprint density at radius 3 is 2.74 bits per heavy atom. The van der Waals surface area contributed by atoms with E-state index in [0.717, 1.165) is 25.9 Å². The molecule has 1 aromatic rings. The van der Waals surface area contributed by atoms with E-state index >= 15 is 0 Å². The quantitative estimate of drug-likeness (QED) is 0.686. The second-order valence-corrected chi connectivity index (χ2v) is 6.33. The highest BCUT2D eigenvalue weighted by molar-refractivity contribution is 7.89. The van der Waals surface area contributed by atoms with Gasteiger partial charge in [-0.1, -0.05) is 13.8 Å².